The van der Waals surface area contributed by atoms with E-state index in [1.807, 2.05) is 24.3 Å². The van der Waals surface area contributed by atoms with Crippen LogP contribution < -0.4 is 9.70 Å². The number of nitrogens with one attached hydrogen (secondary N) is 2. The highest BCUT2D eigenvalue weighted by Gasteiger charge is 2.40. The van der Waals surface area contributed by atoms with Gasteiger partial charge in [-0.05, 0) is 102 Å². The van der Waals surface area contributed by atoms with Crippen molar-refractivity contribution in [2.45, 2.75) is 128 Å². The molecule has 4 rings (SSSR count). The Bertz CT molecular complexity index is 1410. The van der Waals surface area contributed by atoms with Crippen molar-refractivity contribution < 1.29 is 13.4 Å². The lowest BCUT2D eigenvalue weighted by Gasteiger charge is -2.38. The van der Waals surface area contributed by atoms with E-state index in [1.54, 1.807) is 0 Å². The van der Waals surface area contributed by atoms with Crippen molar-refractivity contribution in [3.8, 4) is 0 Å². The molecule has 0 bridgehead atoms. The molecule has 9 heteroatoms. The number of carbonyl (C=O) groups excluding carboxylic acids is 1. The zero-order valence-electron chi connectivity index (χ0n) is 26.9. The van der Waals surface area contributed by atoms with E-state index in [0.29, 0.717) is 11.5 Å². The summed E-state index contributed by atoms with van der Waals surface area (Å²) < 4.78 is 29.3. The summed E-state index contributed by atoms with van der Waals surface area (Å²) in [5, 5.41) is 3.13. The van der Waals surface area contributed by atoms with Crippen molar-refractivity contribution in [3.05, 3.63) is 58.1 Å². The van der Waals surface area contributed by atoms with E-state index in [-0.39, 0.29) is 10.1 Å². The first-order valence-electron chi connectivity index (χ1n) is 15.1. The molecule has 0 spiro atoms. The number of hydrogen-bond acceptors (Lipinski definition) is 3. The van der Waals surface area contributed by atoms with Gasteiger partial charge < -0.3 is 9.74 Å². The lowest BCUT2D eigenvalue weighted by atomic mass is 9.99. The number of anilines is 1. The van der Waals surface area contributed by atoms with E-state index >= 15 is 0 Å². The maximum Gasteiger partial charge on any atom is 0.354 e. The molecule has 0 heterocycles. The highest BCUT2D eigenvalue weighted by molar-refractivity contribution is 7.93. The molecular weight excluding hydrogens is 563 g/mol. The Morgan fingerprint density at radius 2 is 1.49 bits per heavy atom. The minimum atomic E-state index is -3.28. The molecule has 226 valence electrons. The van der Waals surface area contributed by atoms with Crippen molar-refractivity contribution in [2.75, 3.05) is 5.32 Å². The maximum absolute atomic E-state index is 14.9. The second-order valence-electron chi connectivity index (χ2n) is 15.0. The van der Waals surface area contributed by atoms with Crippen LogP contribution in [0.1, 0.15) is 82.2 Å². The topological polar surface area (TPSA) is 79.8 Å². The van der Waals surface area contributed by atoms with Gasteiger partial charge in [0.1, 0.15) is 18.2 Å². The molecule has 0 fully saturated rings. The van der Waals surface area contributed by atoms with Crippen LogP contribution in [-0.4, -0.2) is 26.8 Å². The summed E-state index contributed by atoms with van der Waals surface area (Å²) in [4.78, 5) is 14.2. The SMILES string of the molecule is CC(C)(C)[Si](C)(C)NS(=O)(=NC(=O)Nc1c2c(cc3c1CCC3)CCC2)c1cccc(CO[Si](C)(C)C(C)(C)C)c1. The molecule has 6 nitrogen and oxygen atoms in total. The number of rotatable bonds is 7. The van der Waals surface area contributed by atoms with Gasteiger partial charge in [0.05, 0.1) is 11.5 Å². The van der Waals surface area contributed by atoms with E-state index in [1.165, 1.54) is 22.3 Å². The molecule has 0 aromatic heterocycles. The second kappa shape index (κ2) is 11.4. The first-order chi connectivity index (χ1) is 18.8. The van der Waals surface area contributed by atoms with Crippen LogP contribution in [0.4, 0.5) is 10.5 Å². The maximum atomic E-state index is 14.9. The molecule has 1 atom stereocenters. The van der Waals surface area contributed by atoms with Gasteiger partial charge in [-0.3, -0.25) is 0 Å². The van der Waals surface area contributed by atoms with Crippen LogP contribution >= 0.6 is 0 Å². The predicted octanol–water partition coefficient (Wildman–Crippen LogP) is 8.75. The summed E-state index contributed by atoms with van der Waals surface area (Å²) in [5.74, 6) is 0. The van der Waals surface area contributed by atoms with Crippen LogP contribution in [0, 0.1) is 0 Å². The number of fused-ring (bicyclic) bond motifs is 2. The second-order valence-corrected chi connectivity index (χ2v) is 27.0. The monoisotopic (exact) mass is 613 g/mol. The molecule has 2 aromatic rings. The molecule has 0 aliphatic heterocycles. The molecule has 2 amide bonds. The molecule has 2 aliphatic rings. The van der Waals surface area contributed by atoms with Crippen LogP contribution in [0.2, 0.25) is 36.3 Å². The number of nitrogens with zero attached hydrogens (tertiary/aromatic N) is 1. The summed E-state index contributed by atoms with van der Waals surface area (Å²) in [6, 6.07) is 9.43. The fourth-order valence-electron chi connectivity index (χ4n) is 5.13. The third-order valence-corrected chi connectivity index (χ3v) is 22.5. The summed E-state index contributed by atoms with van der Waals surface area (Å²) >= 11 is 0. The normalized spacial score (nSPS) is 17.1. The van der Waals surface area contributed by atoms with E-state index in [9.17, 15) is 9.00 Å². The minimum Gasteiger partial charge on any atom is -0.413 e. The molecule has 0 radical (unpaired) electrons. The standard InChI is InChI=1S/C32H51N3O3SSi2/c1-31(2,3)40(7,8)35-39(37,26-17-11-14-23(20-26)22-38-41(9,10)32(4,5)6)34-30(36)33-29-27-18-12-15-24(27)21-25-16-13-19-28(25)29/h11,14,17,20-21H,12-13,15-16,18-19,22H2,1-10H3,(H2,33,34,35,36,37). The fraction of sp³-hybridized carbons (Fsp3) is 0.594. The van der Waals surface area contributed by atoms with Gasteiger partial charge in [0.2, 0.25) is 0 Å². The first kappa shape index (κ1) is 32.1. The number of benzene rings is 2. The van der Waals surface area contributed by atoms with Crippen molar-refractivity contribution in [1.82, 2.24) is 4.39 Å². The number of amides is 2. The molecule has 1 unspecified atom stereocenters. The van der Waals surface area contributed by atoms with Crippen LogP contribution in [0.15, 0.2) is 39.6 Å². The van der Waals surface area contributed by atoms with Crippen LogP contribution in [0.25, 0.3) is 0 Å². The number of urea groups is 1. The van der Waals surface area contributed by atoms with Gasteiger partial charge in [0, 0.05) is 5.69 Å². The Kier molecular flexibility index (Phi) is 8.91. The minimum absolute atomic E-state index is 0.0905. The van der Waals surface area contributed by atoms with Crippen LogP contribution in [-0.2, 0) is 46.6 Å². The summed E-state index contributed by atoms with van der Waals surface area (Å²) in [6.07, 6.45) is 6.24. The Morgan fingerprint density at radius 3 is 2.02 bits per heavy atom. The zero-order chi connectivity index (χ0) is 30.4. The van der Waals surface area contributed by atoms with Crippen molar-refractivity contribution in [1.29, 1.82) is 0 Å². The van der Waals surface area contributed by atoms with E-state index < -0.39 is 32.5 Å². The highest BCUT2D eigenvalue weighted by Crippen LogP contribution is 2.40. The number of hydrogen-bond donors (Lipinski definition) is 2. The molecule has 2 N–H and O–H groups in total. The largest absolute Gasteiger partial charge is 0.413 e. The smallest absolute Gasteiger partial charge is 0.354 e. The van der Waals surface area contributed by atoms with Crippen molar-refractivity contribution in [3.63, 3.8) is 0 Å². The quantitative estimate of drug-likeness (QED) is 0.306. The molecule has 0 saturated carbocycles. The molecule has 41 heavy (non-hydrogen) atoms. The number of aryl methyl sites for hydroxylation is 2. The van der Waals surface area contributed by atoms with Crippen LogP contribution in [0.5, 0.6) is 0 Å². The van der Waals surface area contributed by atoms with Gasteiger partial charge in [-0.25, -0.2) is 13.4 Å². The van der Waals surface area contributed by atoms with Crippen LogP contribution in [0.3, 0.4) is 0 Å². The molecular formula is C32H51N3O3SSi2. The first-order valence-corrected chi connectivity index (χ1v) is 22.5. The Balaban J connectivity index is 1.73. The third-order valence-electron chi connectivity index (χ3n) is 9.81. The van der Waals surface area contributed by atoms with Gasteiger partial charge in [-0.2, -0.15) is 0 Å². The fourth-order valence-corrected chi connectivity index (χ4v) is 11.7. The van der Waals surface area contributed by atoms with Gasteiger partial charge in [-0.15, -0.1) is 4.36 Å². The summed E-state index contributed by atoms with van der Waals surface area (Å²) in [7, 11) is -7.58. The average molecular weight is 614 g/mol. The van der Waals surface area contributed by atoms with Crippen molar-refractivity contribution in [2.24, 2.45) is 4.36 Å². The third kappa shape index (κ3) is 6.90. The number of carbonyl (C=O) groups is 1. The van der Waals surface area contributed by atoms with Gasteiger partial charge >= 0.3 is 6.03 Å². The van der Waals surface area contributed by atoms with E-state index in [4.69, 9.17) is 4.43 Å². The lowest BCUT2D eigenvalue weighted by molar-refractivity contribution is 0.260. The predicted molar refractivity (Wildman–Crippen MR) is 177 cm³/mol. The van der Waals surface area contributed by atoms with E-state index in [2.05, 4.69) is 87.9 Å². The average Bonchev–Trinajstić information content (AvgIpc) is 3.50. The molecule has 0 saturated heterocycles. The zero-order valence-corrected chi connectivity index (χ0v) is 29.7. The Labute approximate surface area is 251 Å². The lowest BCUT2D eigenvalue weighted by Crippen LogP contribution is -2.54. The van der Waals surface area contributed by atoms with Gasteiger partial charge in [0.15, 0.2) is 8.32 Å². The highest BCUT2D eigenvalue weighted by atomic mass is 32.2. The Hall–Kier alpha value is -1.79. The van der Waals surface area contributed by atoms with Gasteiger partial charge in [-0.1, -0.05) is 72.8 Å². The Morgan fingerprint density at radius 1 is 0.902 bits per heavy atom. The molecule has 2 aliphatic carbocycles. The molecule has 2 aromatic carbocycles. The summed E-state index contributed by atoms with van der Waals surface area (Å²) in [6.45, 7) is 22.4. The van der Waals surface area contributed by atoms with Gasteiger partial charge in [0.25, 0.3) is 0 Å². The van der Waals surface area contributed by atoms with E-state index in [0.717, 1.165) is 49.8 Å². The van der Waals surface area contributed by atoms with Crippen molar-refractivity contribution >= 4 is 38.2 Å². The summed E-state index contributed by atoms with van der Waals surface area (Å²) in [5.41, 5.74) is 7.02.